The Labute approximate surface area is 210 Å². The van der Waals surface area contributed by atoms with Crippen molar-refractivity contribution in [2.45, 2.75) is 66.5 Å². The SMILES string of the molecule is CCNC(=NCC1CCN(Cc2nc(C)c(C)o2)CC1)NC(C)c1ccc(CC)cc1.I. The molecule has 2 heterocycles. The lowest BCUT2D eigenvalue weighted by molar-refractivity contribution is 0.166. The molecule has 178 valence electrons. The summed E-state index contributed by atoms with van der Waals surface area (Å²) in [4.78, 5) is 11.9. The summed E-state index contributed by atoms with van der Waals surface area (Å²) < 4.78 is 5.74. The molecule has 32 heavy (non-hydrogen) atoms. The molecule has 7 heteroatoms. The van der Waals surface area contributed by atoms with Crippen LogP contribution >= 0.6 is 24.0 Å². The quantitative estimate of drug-likeness (QED) is 0.274. The van der Waals surface area contributed by atoms with Crippen molar-refractivity contribution in [3.63, 3.8) is 0 Å². The van der Waals surface area contributed by atoms with Crippen LogP contribution in [0.5, 0.6) is 0 Å². The number of oxazole rings is 1. The fourth-order valence-electron chi connectivity index (χ4n) is 4.00. The number of aryl methyl sites for hydroxylation is 3. The van der Waals surface area contributed by atoms with Crippen molar-refractivity contribution < 1.29 is 4.42 Å². The van der Waals surface area contributed by atoms with Gasteiger partial charge in [0.1, 0.15) is 5.76 Å². The second kappa shape index (κ2) is 13.2. The van der Waals surface area contributed by atoms with Gasteiger partial charge < -0.3 is 15.1 Å². The Balaban J connectivity index is 0.00000363. The van der Waals surface area contributed by atoms with E-state index in [-0.39, 0.29) is 30.0 Å². The highest BCUT2D eigenvalue weighted by Gasteiger charge is 2.21. The number of aromatic nitrogens is 1. The average Bonchev–Trinajstić information content (AvgIpc) is 3.09. The van der Waals surface area contributed by atoms with Crippen LogP contribution in [0.1, 0.15) is 68.1 Å². The van der Waals surface area contributed by atoms with Crippen LogP contribution in [-0.4, -0.2) is 42.0 Å². The fourth-order valence-corrected chi connectivity index (χ4v) is 4.00. The van der Waals surface area contributed by atoms with Gasteiger partial charge in [-0.1, -0.05) is 31.2 Å². The van der Waals surface area contributed by atoms with Crippen LogP contribution in [0.2, 0.25) is 0 Å². The monoisotopic (exact) mass is 553 g/mol. The third-order valence-corrected chi connectivity index (χ3v) is 6.23. The first-order valence-electron chi connectivity index (χ1n) is 11.8. The smallest absolute Gasteiger partial charge is 0.208 e. The molecule has 0 aliphatic carbocycles. The van der Waals surface area contributed by atoms with E-state index in [1.54, 1.807) is 0 Å². The maximum atomic E-state index is 5.74. The first kappa shape index (κ1) is 26.6. The van der Waals surface area contributed by atoms with Gasteiger partial charge in [-0.25, -0.2) is 4.98 Å². The van der Waals surface area contributed by atoms with Crippen LogP contribution in [0, 0.1) is 19.8 Å². The highest BCUT2D eigenvalue weighted by molar-refractivity contribution is 14.0. The number of aliphatic imine (C=N–C) groups is 1. The van der Waals surface area contributed by atoms with E-state index >= 15 is 0 Å². The number of nitrogens with one attached hydrogen (secondary N) is 2. The lowest BCUT2D eigenvalue weighted by Gasteiger charge is -2.30. The molecule has 3 rings (SSSR count). The van der Waals surface area contributed by atoms with Crippen molar-refractivity contribution in [3.8, 4) is 0 Å². The molecule has 1 unspecified atom stereocenters. The zero-order valence-electron chi connectivity index (χ0n) is 20.3. The molecule has 1 aliphatic heterocycles. The van der Waals surface area contributed by atoms with E-state index in [0.29, 0.717) is 5.92 Å². The molecule has 0 spiro atoms. The van der Waals surface area contributed by atoms with Crippen LogP contribution in [0.25, 0.3) is 0 Å². The minimum Gasteiger partial charge on any atom is -0.444 e. The molecule has 0 radical (unpaired) electrons. The predicted octanol–water partition coefficient (Wildman–Crippen LogP) is 5.00. The van der Waals surface area contributed by atoms with Crippen molar-refractivity contribution in [3.05, 3.63) is 52.7 Å². The van der Waals surface area contributed by atoms with E-state index < -0.39 is 0 Å². The van der Waals surface area contributed by atoms with Crippen LogP contribution in [-0.2, 0) is 13.0 Å². The average molecular weight is 554 g/mol. The van der Waals surface area contributed by atoms with Crippen molar-refractivity contribution in [1.82, 2.24) is 20.5 Å². The van der Waals surface area contributed by atoms with Crippen molar-refractivity contribution in [2.24, 2.45) is 10.9 Å². The number of guanidine groups is 1. The summed E-state index contributed by atoms with van der Waals surface area (Å²) in [6.07, 6.45) is 3.40. The van der Waals surface area contributed by atoms with Gasteiger partial charge in [-0.2, -0.15) is 0 Å². The first-order valence-corrected chi connectivity index (χ1v) is 11.8. The van der Waals surface area contributed by atoms with Gasteiger partial charge in [0.2, 0.25) is 5.89 Å². The van der Waals surface area contributed by atoms with Gasteiger partial charge in [0, 0.05) is 13.1 Å². The molecule has 2 N–H and O–H groups in total. The highest BCUT2D eigenvalue weighted by atomic mass is 127. The normalized spacial score (nSPS) is 16.5. The van der Waals surface area contributed by atoms with E-state index in [0.717, 1.165) is 75.3 Å². The van der Waals surface area contributed by atoms with Crippen molar-refractivity contribution in [2.75, 3.05) is 26.2 Å². The van der Waals surface area contributed by atoms with Crippen LogP contribution < -0.4 is 10.6 Å². The summed E-state index contributed by atoms with van der Waals surface area (Å²) in [6.45, 7) is 15.2. The summed E-state index contributed by atoms with van der Waals surface area (Å²) in [6, 6.07) is 9.08. The number of hydrogen-bond donors (Lipinski definition) is 2. The largest absolute Gasteiger partial charge is 0.444 e. The zero-order chi connectivity index (χ0) is 22.2. The molecule has 0 saturated carbocycles. The Morgan fingerprint density at radius 1 is 1.19 bits per heavy atom. The molecular formula is C25H40IN5O. The fraction of sp³-hybridized carbons (Fsp3) is 0.600. The van der Waals surface area contributed by atoms with Gasteiger partial charge in [-0.3, -0.25) is 9.89 Å². The number of rotatable bonds is 8. The lowest BCUT2D eigenvalue weighted by atomic mass is 9.97. The Kier molecular flexibility index (Phi) is 11.0. The summed E-state index contributed by atoms with van der Waals surface area (Å²) in [5, 5.41) is 6.97. The van der Waals surface area contributed by atoms with Gasteiger partial charge in [0.25, 0.3) is 0 Å². The molecule has 1 aliphatic rings. The number of hydrogen-bond acceptors (Lipinski definition) is 4. The zero-order valence-corrected chi connectivity index (χ0v) is 22.6. The highest BCUT2D eigenvalue weighted by Crippen LogP contribution is 2.20. The molecule has 2 aromatic rings. The number of halogens is 1. The van der Waals surface area contributed by atoms with E-state index in [1.807, 2.05) is 13.8 Å². The van der Waals surface area contributed by atoms with Crippen molar-refractivity contribution >= 4 is 29.9 Å². The van der Waals surface area contributed by atoms with E-state index in [4.69, 9.17) is 9.41 Å². The van der Waals surface area contributed by atoms with Crippen molar-refractivity contribution in [1.29, 1.82) is 0 Å². The summed E-state index contributed by atoms with van der Waals surface area (Å²) in [7, 11) is 0. The number of likely N-dealkylation sites (tertiary alicyclic amines) is 1. The third-order valence-electron chi connectivity index (χ3n) is 6.23. The third kappa shape index (κ3) is 7.76. The Hall–Kier alpha value is -1.61. The maximum Gasteiger partial charge on any atom is 0.208 e. The van der Waals surface area contributed by atoms with Crippen LogP contribution in [0.4, 0.5) is 0 Å². The van der Waals surface area contributed by atoms with Gasteiger partial charge in [0.15, 0.2) is 5.96 Å². The molecule has 1 fully saturated rings. The Bertz CT molecular complexity index is 821. The van der Waals surface area contributed by atoms with Gasteiger partial charge in [-0.15, -0.1) is 24.0 Å². The van der Waals surface area contributed by atoms with E-state index in [9.17, 15) is 0 Å². The molecule has 0 bridgehead atoms. The molecular weight excluding hydrogens is 513 g/mol. The molecule has 1 saturated heterocycles. The summed E-state index contributed by atoms with van der Waals surface area (Å²) in [5.74, 6) is 3.30. The summed E-state index contributed by atoms with van der Waals surface area (Å²) in [5.41, 5.74) is 3.65. The Morgan fingerprint density at radius 3 is 2.44 bits per heavy atom. The minimum absolute atomic E-state index is 0. The molecule has 6 nitrogen and oxygen atoms in total. The first-order chi connectivity index (χ1) is 15.0. The second-order valence-electron chi connectivity index (χ2n) is 8.65. The second-order valence-corrected chi connectivity index (χ2v) is 8.65. The molecule has 1 aromatic carbocycles. The van der Waals surface area contributed by atoms with Gasteiger partial charge >= 0.3 is 0 Å². The lowest BCUT2D eigenvalue weighted by Crippen LogP contribution is -2.39. The summed E-state index contributed by atoms with van der Waals surface area (Å²) >= 11 is 0. The van der Waals surface area contributed by atoms with E-state index in [1.165, 1.54) is 11.1 Å². The number of benzene rings is 1. The molecule has 0 amide bonds. The number of nitrogens with zero attached hydrogens (tertiary/aromatic N) is 3. The van der Waals surface area contributed by atoms with Gasteiger partial charge in [0.05, 0.1) is 18.3 Å². The van der Waals surface area contributed by atoms with E-state index in [2.05, 4.69) is 65.6 Å². The van der Waals surface area contributed by atoms with Crippen LogP contribution in [0.3, 0.4) is 0 Å². The van der Waals surface area contributed by atoms with Crippen LogP contribution in [0.15, 0.2) is 33.7 Å². The maximum absolute atomic E-state index is 5.74. The number of piperidine rings is 1. The minimum atomic E-state index is 0. The predicted molar refractivity (Wildman–Crippen MR) is 143 cm³/mol. The Morgan fingerprint density at radius 2 is 1.88 bits per heavy atom. The molecule has 1 aromatic heterocycles. The van der Waals surface area contributed by atoms with Gasteiger partial charge in [-0.05, 0) is 77.1 Å². The standard InChI is InChI=1S/C25H39N5O.HI/c1-6-21-8-10-23(11-9-21)19(4)29-25(26-7-2)27-16-22-12-14-30(15-13-22)17-24-28-18(3)20(5)31-24;/h8-11,19,22H,6-7,12-17H2,1-5H3,(H2,26,27,29);1H. The topological polar surface area (TPSA) is 65.7 Å². The molecule has 1 atom stereocenters.